The number of aromatic nitrogens is 1. The first kappa shape index (κ1) is 39.7. The minimum absolute atomic E-state index is 0.932. The van der Waals surface area contributed by atoms with Crippen LogP contribution in [-0.4, -0.2) is 4.98 Å². The fourth-order valence-electron chi connectivity index (χ4n) is 10.8. The van der Waals surface area contributed by atoms with Gasteiger partial charge in [-0.3, -0.25) is 0 Å². The summed E-state index contributed by atoms with van der Waals surface area (Å²) < 4.78 is 0. The van der Waals surface area contributed by atoms with Crippen molar-refractivity contribution < 1.29 is 0 Å². The number of aryl methyl sites for hydroxylation is 1. The van der Waals surface area contributed by atoms with E-state index in [1.54, 1.807) is 0 Å². The number of nitrogens with zero attached hydrogens (tertiary/aromatic N) is 1. The van der Waals surface area contributed by atoms with Crippen LogP contribution in [0.5, 0.6) is 0 Å². The summed E-state index contributed by atoms with van der Waals surface area (Å²) in [7, 11) is 0. The third-order valence-corrected chi connectivity index (χ3v) is 14.1. The van der Waals surface area contributed by atoms with Gasteiger partial charge in [0.05, 0.1) is 11.4 Å². The van der Waals surface area contributed by atoms with Gasteiger partial charge in [-0.25, -0.2) is 4.98 Å². The number of fused-ring (bicyclic) bond motifs is 5. The van der Waals surface area contributed by atoms with E-state index in [0.717, 1.165) is 46.5 Å². The Bertz CT molecular complexity index is 3770. The van der Waals surface area contributed by atoms with Crippen LogP contribution in [0.1, 0.15) is 17.5 Å². The van der Waals surface area contributed by atoms with Gasteiger partial charge in [0.25, 0.3) is 0 Å². The van der Waals surface area contributed by atoms with Gasteiger partial charge in [0.2, 0.25) is 0 Å². The Morgan fingerprint density at radius 1 is 0.294 bits per heavy atom. The van der Waals surface area contributed by atoms with Gasteiger partial charge < -0.3 is 0 Å². The predicted octanol–water partition coefficient (Wildman–Crippen LogP) is 18.3. The van der Waals surface area contributed by atoms with Gasteiger partial charge in [0.1, 0.15) is 0 Å². The highest BCUT2D eigenvalue weighted by molar-refractivity contribution is 6.21. The molecule has 1 aromatic heterocycles. The van der Waals surface area contributed by atoms with Crippen LogP contribution in [0.4, 0.5) is 0 Å². The zero-order valence-corrected chi connectivity index (χ0v) is 37.5. The molecule has 0 N–H and O–H groups in total. The third-order valence-electron chi connectivity index (χ3n) is 14.1. The van der Waals surface area contributed by atoms with E-state index in [9.17, 15) is 0 Å². The summed E-state index contributed by atoms with van der Waals surface area (Å²) in [5, 5.41) is 9.98. The van der Waals surface area contributed by atoms with Gasteiger partial charge in [-0.2, -0.15) is 0 Å². The Hall–Kier alpha value is -8.65. The van der Waals surface area contributed by atoms with Crippen molar-refractivity contribution in [2.75, 3.05) is 0 Å². The summed E-state index contributed by atoms with van der Waals surface area (Å²) in [6.07, 6.45) is 6.72. The zero-order valence-electron chi connectivity index (χ0n) is 37.5. The van der Waals surface area contributed by atoms with E-state index < -0.39 is 0 Å². The van der Waals surface area contributed by atoms with Crippen LogP contribution in [0.3, 0.4) is 0 Å². The van der Waals surface area contributed by atoms with Crippen molar-refractivity contribution in [3.05, 3.63) is 254 Å². The second-order valence-corrected chi connectivity index (χ2v) is 18.1. The van der Waals surface area contributed by atoms with Crippen molar-refractivity contribution in [1.82, 2.24) is 4.98 Å². The van der Waals surface area contributed by atoms with Crippen LogP contribution in [0.15, 0.2) is 243 Å². The fraction of sp³-hybridized carbons (Fsp3) is 0.0299. The first-order valence-electron chi connectivity index (χ1n) is 23.7. The molecule has 1 heterocycles. The molecular formula is C67H45N. The van der Waals surface area contributed by atoms with E-state index in [2.05, 4.69) is 249 Å². The normalized spacial score (nSPS) is 12.2. The van der Waals surface area contributed by atoms with Crippen molar-refractivity contribution in [1.29, 1.82) is 0 Å². The highest BCUT2D eigenvalue weighted by Crippen LogP contribution is 2.45. The molecule has 1 aliphatic rings. The van der Waals surface area contributed by atoms with Crippen molar-refractivity contribution in [2.45, 2.75) is 12.8 Å². The number of pyridine rings is 1. The number of hydrogen-bond donors (Lipinski definition) is 0. The molecule has 0 unspecified atom stereocenters. The summed E-state index contributed by atoms with van der Waals surface area (Å²) in [5.41, 5.74) is 18.8. The average Bonchev–Trinajstić information content (AvgIpc) is 3.42. The highest BCUT2D eigenvalue weighted by atomic mass is 14.7. The van der Waals surface area contributed by atoms with E-state index >= 15 is 0 Å². The largest absolute Gasteiger partial charge is 0.248 e. The smallest absolute Gasteiger partial charge is 0.0715 e. The molecule has 0 saturated heterocycles. The number of rotatable bonds is 7. The van der Waals surface area contributed by atoms with E-state index in [1.807, 2.05) is 0 Å². The molecule has 11 aromatic carbocycles. The SMILES string of the molecule is C1=Cc2ccc(-c3c4ccccc4c(-c4cccc(-c5cc(-c6cccc(-c7cccc8ccccc78)c6)nc(-c6cccc(-c7cccc8ccccc78)c6)c5)c4)c4ccccc34)cc2CC1. The first-order chi connectivity index (χ1) is 33.7. The summed E-state index contributed by atoms with van der Waals surface area (Å²) >= 11 is 0. The molecule has 0 fully saturated rings. The Kier molecular flexibility index (Phi) is 9.72. The van der Waals surface area contributed by atoms with Crippen molar-refractivity contribution >= 4 is 49.2 Å². The summed E-state index contributed by atoms with van der Waals surface area (Å²) in [6, 6.07) is 87.0. The van der Waals surface area contributed by atoms with Crippen LogP contribution in [0, 0.1) is 0 Å². The van der Waals surface area contributed by atoms with Crippen molar-refractivity contribution in [3.63, 3.8) is 0 Å². The Morgan fingerprint density at radius 2 is 0.721 bits per heavy atom. The first-order valence-corrected chi connectivity index (χ1v) is 23.7. The van der Waals surface area contributed by atoms with Gasteiger partial charge in [0.15, 0.2) is 0 Å². The van der Waals surface area contributed by atoms with E-state index in [4.69, 9.17) is 4.98 Å². The summed E-state index contributed by atoms with van der Waals surface area (Å²) in [6.45, 7) is 0. The van der Waals surface area contributed by atoms with E-state index in [0.29, 0.717) is 0 Å². The molecule has 1 aliphatic carbocycles. The molecule has 0 bridgehead atoms. The molecule has 13 rings (SSSR count). The standard InChI is InChI=1S/C67H45N/c1-2-19-47-38-54(37-36-44(47)16-1)67-62-32-9-7-30-60(62)66(61-31-8-10-33-63(61)67)53-27-11-22-48(39-53)55-42-64(51-25-12-23-49(40-51)58-34-14-20-45-17-3-5-28-56(45)58)68-65(43-55)52-26-13-24-50(41-52)59-35-15-21-46-18-4-6-29-57(46)59/h1,3-18,20-43H,2,19H2. The van der Waals surface area contributed by atoms with Gasteiger partial charge in [-0.1, -0.05) is 218 Å². The lowest BCUT2D eigenvalue weighted by molar-refractivity contribution is 0.986. The van der Waals surface area contributed by atoms with E-state index in [1.165, 1.54) is 98.7 Å². The van der Waals surface area contributed by atoms with Crippen LogP contribution in [-0.2, 0) is 6.42 Å². The molecule has 1 nitrogen and oxygen atoms in total. The molecule has 12 aromatic rings. The van der Waals surface area contributed by atoms with Crippen LogP contribution in [0.2, 0.25) is 0 Å². The summed E-state index contributed by atoms with van der Waals surface area (Å²) in [5.74, 6) is 0. The summed E-state index contributed by atoms with van der Waals surface area (Å²) in [4.78, 5) is 5.52. The van der Waals surface area contributed by atoms with Crippen LogP contribution < -0.4 is 0 Å². The third kappa shape index (κ3) is 6.99. The van der Waals surface area contributed by atoms with Crippen molar-refractivity contribution in [2.24, 2.45) is 0 Å². The van der Waals surface area contributed by atoms with Gasteiger partial charge in [-0.15, -0.1) is 0 Å². The van der Waals surface area contributed by atoms with Gasteiger partial charge in [0, 0.05) is 11.1 Å². The van der Waals surface area contributed by atoms with Crippen LogP contribution in [0.25, 0.3) is 127 Å². The quantitative estimate of drug-likeness (QED) is 0.146. The molecule has 0 aliphatic heterocycles. The Balaban J connectivity index is 0.990. The number of benzene rings is 11. The van der Waals surface area contributed by atoms with Crippen LogP contribution >= 0.6 is 0 Å². The maximum Gasteiger partial charge on any atom is 0.0715 e. The maximum absolute atomic E-state index is 5.52. The second-order valence-electron chi connectivity index (χ2n) is 18.1. The molecule has 0 spiro atoms. The predicted molar refractivity (Wildman–Crippen MR) is 290 cm³/mol. The zero-order chi connectivity index (χ0) is 45.0. The fourth-order valence-corrected chi connectivity index (χ4v) is 10.8. The minimum Gasteiger partial charge on any atom is -0.248 e. The molecule has 0 atom stereocenters. The van der Waals surface area contributed by atoms with Gasteiger partial charge >= 0.3 is 0 Å². The average molecular weight is 864 g/mol. The maximum atomic E-state index is 5.52. The molecule has 0 amide bonds. The molecule has 318 valence electrons. The Morgan fingerprint density at radius 3 is 1.28 bits per heavy atom. The lowest BCUT2D eigenvalue weighted by Gasteiger charge is -2.19. The lowest BCUT2D eigenvalue weighted by atomic mass is 9.84. The molecule has 68 heavy (non-hydrogen) atoms. The monoisotopic (exact) mass is 863 g/mol. The van der Waals surface area contributed by atoms with E-state index in [-0.39, 0.29) is 0 Å². The topological polar surface area (TPSA) is 12.9 Å². The Labute approximate surface area is 397 Å². The molecular weight excluding hydrogens is 819 g/mol. The molecule has 0 saturated carbocycles. The molecule has 0 radical (unpaired) electrons. The molecule has 1 heteroatoms. The highest BCUT2D eigenvalue weighted by Gasteiger charge is 2.19. The van der Waals surface area contributed by atoms with Gasteiger partial charge in [-0.05, 0) is 153 Å². The second kappa shape index (κ2) is 16.7. The number of allylic oxidation sites excluding steroid dienone is 1. The lowest BCUT2D eigenvalue weighted by Crippen LogP contribution is -1.96. The number of hydrogen-bond acceptors (Lipinski definition) is 1. The minimum atomic E-state index is 0.932. The van der Waals surface area contributed by atoms with Crippen molar-refractivity contribution in [3.8, 4) is 78.1 Å².